The van der Waals surface area contributed by atoms with Crippen LogP contribution in [0.3, 0.4) is 0 Å². The van der Waals surface area contributed by atoms with Crippen molar-refractivity contribution in [2.45, 2.75) is 65.3 Å². The first-order valence-corrected chi connectivity index (χ1v) is 13.4. The van der Waals surface area contributed by atoms with E-state index in [2.05, 4.69) is 4.74 Å². The summed E-state index contributed by atoms with van der Waals surface area (Å²) in [7, 11) is -1.12. The molecule has 176 valence electrons. The summed E-state index contributed by atoms with van der Waals surface area (Å²) in [6, 6.07) is 8.59. The van der Waals surface area contributed by atoms with E-state index in [1.54, 1.807) is 6.08 Å². The molecular weight excluding hydrogens is 412 g/mol. The van der Waals surface area contributed by atoms with Gasteiger partial charge in [0.2, 0.25) is 0 Å². The predicted octanol–water partition coefficient (Wildman–Crippen LogP) is 5.64. The van der Waals surface area contributed by atoms with E-state index in [0.29, 0.717) is 26.4 Å². The van der Waals surface area contributed by atoms with Crippen molar-refractivity contribution >= 4 is 20.8 Å². The normalized spacial score (nSPS) is 11.7. The van der Waals surface area contributed by atoms with Crippen LogP contribution >= 0.6 is 0 Å². The van der Waals surface area contributed by atoms with Crippen molar-refractivity contribution in [3.8, 4) is 5.75 Å². The summed E-state index contributed by atoms with van der Waals surface area (Å²) in [5.74, 6) is 0.448. The van der Waals surface area contributed by atoms with Gasteiger partial charge in [-0.1, -0.05) is 37.8 Å². The molecule has 0 N–H and O–H groups in total. The van der Waals surface area contributed by atoms with E-state index in [4.69, 9.17) is 18.0 Å². The van der Waals surface area contributed by atoms with E-state index in [9.17, 15) is 4.79 Å². The molecule has 0 bridgehead atoms. The fourth-order valence-electron chi connectivity index (χ4n) is 3.28. The molecule has 0 aliphatic carbocycles. The van der Waals surface area contributed by atoms with Gasteiger partial charge in [-0.25, -0.2) is 4.79 Å². The SMILES string of the molecule is CCO[Si](CCCCCCCCOc1cccc(C=CC(=O)OC)c1)(OCC)OCC. The summed E-state index contributed by atoms with van der Waals surface area (Å²) in [6.45, 7) is 8.59. The van der Waals surface area contributed by atoms with Crippen LogP contribution in [0.5, 0.6) is 5.75 Å². The van der Waals surface area contributed by atoms with Gasteiger partial charge in [0.05, 0.1) is 13.7 Å². The zero-order valence-corrected chi connectivity index (χ0v) is 20.7. The molecule has 1 rings (SSSR count). The lowest BCUT2D eigenvalue weighted by molar-refractivity contribution is -0.134. The lowest BCUT2D eigenvalue weighted by Crippen LogP contribution is -2.45. The Kier molecular flexibility index (Phi) is 15.0. The third kappa shape index (κ3) is 12.1. The summed E-state index contributed by atoms with van der Waals surface area (Å²) < 4.78 is 28.2. The van der Waals surface area contributed by atoms with E-state index in [1.165, 1.54) is 26.0 Å². The average Bonchev–Trinajstić information content (AvgIpc) is 2.77. The summed E-state index contributed by atoms with van der Waals surface area (Å²) in [6.07, 6.45) is 9.93. The molecule has 0 radical (unpaired) electrons. The molecule has 0 aromatic heterocycles. The molecule has 0 atom stereocenters. The summed E-state index contributed by atoms with van der Waals surface area (Å²) in [5, 5.41) is 0. The Bertz CT molecular complexity index is 617. The zero-order chi connectivity index (χ0) is 22.8. The largest absolute Gasteiger partial charge is 0.500 e. The van der Waals surface area contributed by atoms with Crippen LogP contribution in [-0.2, 0) is 22.8 Å². The van der Waals surface area contributed by atoms with E-state index in [-0.39, 0.29) is 5.97 Å². The number of hydrogen-bond donors (Lipinski definition) is 0. The van der Waals surface area contributed by atoms with Gasteiger partial charge in [-0.3, -0.25) is 0 Å². The number of carbonyl (C=O) groups excluding carboxylic acids is 1. The molecule has 1 aromatic rings. The van der Waals surface area contributed by atoms with Gasteiger partial charge in [0.25, 0.3) is 0 Å². The lowest BCUT2D eigenvalue weighted by atomic mass is 10.1. The van der Waals surface area contributed by atoms with Gasteiger partial charge >= 0.3 is 14.8 Å². The standard InChI is InChI=1S/C24H40O6Si/c1-5-28-31(29-6-2,30-7-3)20-13-11-9-8-10-12-19-27-23-16-14-15-22(21-23)17-18-24(25)26-4/h14-18,21H,5-13,19-20H2,1-4H3. The topological polar surface area (TPSA) is 63.2 Å². The van der Waals surface area contributed by atoms with Crippen LogP contribution < -0.4 is 4.74 Å². The van der Waals surface area contributed by atoms with E-state index >= 15 is 0 Å². The number of rotatable bonds is 18. The number of hydrogen-bond acceptors (Lipinski definition) is 6. The molecule has 6 nitrogen and oxygen atoms in total. The molecule has 0 amide bonds. The van der Waals surface area contributed by atoms with Crippen LogP contribution in [-0.4, -0.2) is 48.3 Å². The molecule has 0 saturated carbocycles. The molecule has 31 heavy (non-hydrogen) atoms. The highest BCUT2D eigenvalue weighted by atomic mass is 28.4. The van der Waals surface area contributed by atoms with Gasteiger partial charge in [0, 0.05) is 31.9 Å². The van der Waals surface area contributed by atoms with Crippen molar-refractivity contribution < 1.29 is 27.5 Å². The van der Waals surface area contributed by atoms with Crippen LogP contribution in [0.4, 0.5) is 0 Å². The van der Waals surface area contributed by atoms with Crippen molar-refractivity contribution in [1.82, 2.24) is 0 Å². The molecule has 1 aromatic carbocycles. The lowest BCUT2D eigenvalue weighted by Gasteiger charge is -2.28. The van der Waals surface area contributed by atoms with Crippen molar-refractivity contribution in [2.24, 2.45) is 0 Å². The number of ether oxygens (including phenoxy) is 2. The van der Waals surface area contributed by atoms with Gasteiger partial charge in [0.15, 0.2) is 0 Å². The second-order valence-electron chi connectivity index (χ2n) is 7.13. The van der Waals surface area contributed by atoms with Gasteiger partial charge in [0.1, 0.15) is 5.75 Å². The Labute approximate surface area is 189 Å². The van der Waals surface area contributed by atoms with Crippen LogP contribution in [0.15, 0.2) is 30.3 Å². The van der Waals surface area contributed by atoms with Crippen molar-refractivity contribution in [2.75, 3.05) is 33.5 Å². The molecule has 0 saturated heterocycles. The minimum Gasteiger partial charge on any atom is -0.494 e. The highest BCUT2D eigenvalue weighted by Gasteiger charge is 2.39. The van der Waals surface area contributed by atoms with Gasteiger partial charge in [-0.05, 0) is 57.4 Å². The predicted molar refractivity (Wildman–Crippen MR) is 126 cm³/mol. The average molecular weight is 453 g/mol. The molecule has 0 unspecified atom stereocenters. The molecule has 0 heterocycles. The minimum atomic E-state index is -2.48. The maximum Gasteiger partial charge on any atom is 0.500 e. The number of carbonyl (C=O) groups is 1. The summed E-state index contributed by atoms with van der Waals surface area (Å²) in [4.78, 5) is 11.2. The van der Waals surface area contributed by atoms with Gasteiger partial charge < -0.3 is 22.8 Å². The highest BCUT2D eigenvalue weighted by Crippen LogP contribution is 2.21. The molecule has 0 aliphatic heterocycles. The fraction of sp³-hybridized carbons (Fsp3) is 0.625. The van der Waals surface area contributed by atoms with Gasteiger partial charge in [-0.15, -0.1) is 0 Å². The first-order chi connectivity index (χ1) is 15.1. The zero-order valence-electron chi connectivity index (χ0n) is 19.7. The van der Waals surface area contributed by atoms with Crippen LogP contribution in [0.2, 0.25) is 6.04 Å². The Morgan fingerprint density at radius 3 is 2.13 bits per heavy atom. The molecule has 0 spiro atoms. The molecular formula is C24H40O6Si. The smallest absolute Gasteiger partial charge is 0.494 e. The maximum atomic E-state index is 11.2. The minimum absolute atomic E-state index is 0.368. The Morgan fingerprint density at radius 2 is 1.52 bits per heavy atom. The second kappa shape index (κ2) is 16.9. The van der Waals surface area contributed by atoms with Crippen molar-refractivity contribution in [3.63, 3.8) is 0 Å². The first kappa shape index (κ1) is 27.4. The van der Waals surface area contributed by atoms with E-state index < -0.39 is 8.80 Å². The van der Waals surface area contributed by atoms with Crippen molar-refractivity contribution in [1.29, 1.82) is 0 Å². The number of methoxy groups -OCH3 is 1. The second-order valence-corrected chi connectivity index (χ2v) is 9.86. The third-order valence-electron chi connectivity index (χ3n) is 4.71. The van der Waals surface area contributed by atoms with Crippen LogP contribution in [0.1, 0.15) is 64.9 Å². The number of unbranched alkanes of at least 4 members (excludes halogenated alkanes) is 5. The maximum absolute atomic E-state index is 11.2. The first-order valence-electron chi connectivity index (χ1n) is 11.5. The Hall–Kier alpha value is -1.67. The quantitative estimate of drug-likeness (QED) is 0.124. The van der Waals surface area contributed by atoms with Gasteiger partial charge in [-0.2, -0.15) is 0 Å². The third-order valence-corrected chi connectivity index (χ3v) is 7.86. The fourth-order valence-corrected chi connectivity index (χ4v) is 5.97. The highest BCUT2D eigenvalue weighted by molar-refractivity contribution is 6.60. The Balaban J connectivity index is 2.20. The Morgan fingerprint density at radius 1 is 0.903 bits per heavy atom. The number of benzene rings is 1. The van der Waals surface area contributed by atoms with Crippen LogP contribution in [0.25, 0.3) is 6.08 Å². The van der Waals surface area contributed by atoms with Crippen molar-refractivity contribution in [3.05, 3.63) is 35.9 Å². The monoisotopic (exact) mass is 452 g/mol. The molecule has 0 aliphatic rings. The van der Waals surface area contributed by atoms with E-state index in [0.717, 1.165) is 43.0 Å². The molecule has 7 heteroatoms. The van der Waals surface area contributed by atoms with Crippen LogP contribution in [0, 0.1) is 0 Å². The van der Waals surface area contributed by atoms with E-state index in [1.807, 2.05) is 45.0 Å². The molecule has 0 fully saturated rings. The summed E-state index contributed by atoms with van der Waals surface area (Å²) >= 11 is 0. The number of esters is 1. The summed E-state index contributed by atoms with van der Waals surface area (Å²) in [5.41, 5.74) is 0.911.